The quantitative estimate of drug-likeness (QED) is 0.231. The Kier molecular flexibility index (Phi) is 11.3. The summed E-state index contributed by atoms with van der Waals surface area (Å²) in [5, 5.41) is 0. The highest BCUT2D eigenvalue weighted by Gasteiger charge is 2.43. The maximum Gasteiger partial charge on any atom is 0.104 e. The van der Waals surface area contributed by atoms with E-state index >= 15 is 0 Å². The molecular weight excluding hydrogens is 312 g/mol. The van der Waals surface area contributed by atoms with E-state index in [-0.39, 0.29) is 11.0 Å². The number of unbranched alkanes of at least 4 members (excludes halogenated alkanes) is 5. The zero-order valence-corrected chi connectivity index (χ0v) is 17.7. The summed E-state index contributed by atoms with van der Waals surface area (Å²) >= 11 is 0. The van der Waals surface area contributed by atoms with Crippen LogP contribution in [0.25, 0.3) is 0 Å². The van der Waals surface area contributed by atoms with Gasteiger partial charge < -0.3 is 14.2 Å². The molecule has 0 aromatic carbocycles. The minimum absolute atomic E-state index is 0.0369. The molecule has 0 spiro atoms. The van der Waals surface area contributed by atoms with Crippen molar-refractivity contribution in [3.63, 3.8) is 0 Å². The van der Waals surface area contributed by atoms with Crippen molar-refractivity contribution < 1.29 is 14.2 Å². The predicted octanol–water partition coefficient (Wildman–Crippen LogP) is 6.14. The highest BCUT2D eigenvalue weighted by molar-refractivity contribution is 4.93. The van der Waals surface area contributed by atoms with Crippen molar-refractivity contribution in [3.05, 3.63) is 0 Å². The van der Waals surface area contributed by atoms with Gasteiger partial charge in [-0.1, -0.05) is 59.3 Å². The molecule has 3 nitrogen and oxygen atoms in total. The highest BCUT2D eigenvalue weighted by Crippen LogP contribution is 2.45. The SMILES string of the molecule is CCCCCCCCC(C)(CCCOCC1CO1)C(C)(CC)OCC. The molecule has 1 aliphatic heterocycles. The second-order valence-electron chi connectivity index (χ2n) is 8.23. The molecule has 0 radical (unpaired) electrons. The zero-order chi connectivity index (χ0) is 18.6. The van der Waals surface area contributed by atoms with Crippen molar-refractivity contribution >= 4 is 0 Å². The van der Waals surface area contributed by atoms with Gasteiger partial charge in [-0.15, -0.1) is 0 Å². The highest BCUT2D eigenvalue weighted by atomic mass is 16.6. The van der Waals surface area contributed by atoms with E-state index in [0.717, 1.165) is 39.3 Å². The van der Waals surface area contributed by atoms with E-state index in [4.69, 9.17) is 14.2 Å². The molecule has 3 heteroatoms. The van der Waals surface area contributed by atoms with Crippen molar-refractivity contribution in [2.45, 2.75) is 111 Å². The summed E-state index contributed by atoms with van der Waals surface area (Å²) in [7, 11) is 0. The Morgan fingerprint density at radius 1 is 0.920 bits per heavy atom. The van der Waals surface area contributed by atoms with Crippen molar-refractivity contribution in [3.8, 4) is 0 Å². The van der Waals surface area contributed by atoms with Gasteiger partial charge in [0.15, 0.2) is 0 Å². The first-order chi connectivity index (χ1) is 12.0. The molecule has 1 fully saturated rings. The van der Waals surface area contributed by atoms with Crippen LogP contribution in [0.5, 0.6) is 0 Å². The summed E-state index contributed by atoms with van der Waals surface area (Å²) in [4.78, 5) is 0. The molecule has 3 unspecified atom stereocenters. The lowest BCUT2D eigenvalue weighted by molar-refractivity contribution is -0.125. The van der Waals surface area contributed by atoms with Gasteiger partial charge in [-0.25, -0.2) is 0 Å². The van der Waals surface area contributed by atoms with Crippen LogP contribution in [0.4, 0.5) is 0 Å². The Labute approximate surface area is 157 Å². The van der Waals surface area contributed by atoms with E-state index < -0.39 is 0 Å². The second-order valence-corrected chi connectivity index (χ2v) is 8.23. The van der Waals surface area contributed by atoms with Gasteiger partial charge in [0.25, 0.3) is 0 Å². The van der Waals surface area contributed by atoms with E-state index in [1.54, 1.807) is 0 Å². The number of rotatable bonds is 17. The second kappa shape index (κ2) is 12.3. The van der Waals surface area contributed by atoms with Gasteiger partial charge in [0, 0.05) is 13.2 Å². The van der Waals surface area contributed by atoms with E-state index in [9.17, 15) is 0 Å². The van der Waals surface area contributed by atoms with Crippen LogP contribution in [0.15, 0.2) is 0 Å². The molecule has 0 saturated carbocycles. The molecule has 0 amide bonds. The molecule has 25 heavy (non-hydrogen) atoms. The fourth-order valence-electron chi connectivity index (χ4n) is 3.91. The summed E-state index contributed by atoms with van der Waals surface area (Å²) in [5.74, 6) is 0. The summed E-state index contributed by atoms with van der Waals surface area (Å²) in [6.45, 7) is 14.7. The average Bonchev–Trinajstić information content (AvgIpc) is 3.42. The Bertz CT molecular complexity index is 329. The molecule has 1 rings (SSSR count). The first-order valence-electron chi connectivity index (χ1n) is 10.8. The first kappa shape index (κ1) is 22.9. The molecule has 0 N–H and O–H groups in total. The lowest BCUT2D eigenvalue weighted by Crippen LogP contribution is -2.46. The molecule has 1 heterocycles. The Hall–Kier alpha value is -0.120. The number of ether oxygens (including phenoxy) is 3. The third-order valence-electron chi connectivity index (χ3n) is 6.22. The third kappa shape index (κ3) is 8.41. The lowest BCUT2D eigenvalue weighted by Gasteiger charge is -2.46. The van der Waals surface area contributed by atoms with Crippen LogP contribution in [0.1, 0.15) is 98.8 Å². The number of hydrogen-bond acceptors (Lipinski definition) is 3. The molecule has 0 aromatic rings. The smallest absolute Gasteiger partial charge is 0.104 e. The van der Waals surface area contributed by atoms with E-state index in [1.807, 2.05) is 0 Å². The van der Waals surface area contributed by atoms with E-state index in [0.29, 0.717) is 6.10 Å². The van der Waals surface area contributed by atoms with Crippen molar-refractivity contribution in [1.82, 2.24) is 0 Å². The minimum Gasteiger partial charge on any atom is -0.379 e. The topological polar surface area (TPSA) is 31.0 Å². The molecular formula is C22H44O3. The molecule has 150 valence electrons. The molecule has 0 bridgehead atoms. The monoisotopic (exact) mass is 356 g/mol. The van der Waals surface area contributed by atoms with Crippen molar-refractivity contribution in [2.75, 3.05) is 26.4 Å². The van der Waals surface area contributed by atoms with Gasteiger partial charge in [-0.05, 0) is 44.9 Å². The fourth-order valence-corrected chi connectivity index (χ4v) is 3.91. The first-order valence-corrected chi connectivity index (χ1v) is 10.8. The Morgan fingerprint density at radius 2 is 1.56 bits per heavy atom. The third-order valence-corrected chi connectivity index (χ3v) is 6.22. The number of hydrogen-bond donors (Lipinski definition) is 0. The van der Waals surface area contributed by atoms with E-state index in [1.165, 1.54) is 51.4 Å². The summed E-state index contributed by atoms with van der Waals surface area (Å²) in [5.41, 5.74) is 0.187. The standard InChI is InChI=1S/C22H44O3/c1-6-9-10-11-12-13-15-21(4,22(5,7-2)25-8-3)16-14-17-23-18-20-19-24-20/h20H,6-19H2,1-5H3. The Morgan fingerprint density at radius 3 is 2.16 bits per heavy atom. The summed E-state index contributed by atoms with van der Waals surface area (Å²) in [6.07, 6.45) is 13.1. The van der Waals surface area contributed by atoms with Gasteiger partial charge in [-0.3, -0.25) is 0 Å². The van der Waals surface area contributed by atoms with Gasteiger partial charge in [-0.2, -0.15) is 0 Å². The van der Waals surface area contributed by atoms with E-state index in [2.05, 4.69) is 34.6 Å². The molecule has 1 aliphatic rings. The van der Waals surface area contributed by atoms with Crippen LogP contribution in [0.2, 0.25) is 0 Å². The predicted molar refractivity (Wildman–Crippen MR) is 106 cm³/mol. The summed E-state index contributed by atoms with van der Waals surface area (Å²) in [6, 6.07) is 0. The van der Waals surface area contributed by atoms with Crippen LogP contribution in [-0.4, -0.2) is 38.1 Å². The number of epoxide rings is 1. The van der Waals surface area contributed by atoms with Crippen LogP contribution in [-0.2, 0) is 14.2 Å². The normalized spacial score (nSPS) is 21.7. The van der Waals surface area contributed by atoms with Crippen LogP contribution < -0.4 is 0 Å². The maximum atomic E-state index is 6.28. The molecule has 1 saturated heterocycles. The van der Waals surface area contributed by atoms with Crippen molar-refractivity contribution in [1.29, 1.82) is 0 Å². The molecule has 0 aliphatic carbocycles. The largest absolute Gasteiger partial charge is 0.379 e. The fraction of sp³-hybridized carbons (Fsp3) is 1.00. The van der Waals surface area contributed by atoms with Gasteiger partial charge in [0.2, 0.25) is 0 Å². The van der Waals surface area contributed by atoms with Crippen LogP contribution >= 0.6 is 0 Å². The van der Waals surface area contributed by atoms with Gasteiger partial charge >= 0.3 is 0 Å². The molecule has 3 atom stereocenters. The lowest BCUT2D eigenvalue weighted by atomic mass is 9.66. The van der Waals surface area contributed by atoms with Crippen LogP contribution in [0, 0.1) is 5.41 Å². The Balaban J connectivity index is 2.45. The molecule has 0 aromatic heterocycles. The average molecular weight is 357 g/mol. The van der Waals surface area contributed by atoms with Gasteiger partial charge in [0.05, 0.1) is 18.8 Å². The summed E-state index contributed by atoms with van der Waals surface area (Å²) < 4.78 is 17.3. The van der Waals surface area contributed by atoms with Gasteiger partial charge in [0.1, 0.15) is 6.10 Å². The van der Waals surface area contributed by atoms with Crippen molar-refractivity contribution in [2.24, 2.45) is 5.41 Å². The zero-order valence-electron chi connectivity index (χ0n) is 17.7. The minimum atomic E-state index is -0.0369. The maximum absolute atomic E-state index is 6.28. The van der Waals surface area contributed by atoms with Crippen LogP contribution in [0.3, 0.4) is 0 Å².